The molecule has 5 heteroatoms. The molecule has 1 aliphatic heterocycles. The summed E-state index contributed by atoms with van der Waals surface area (Å²) in [6, 6.07) is 10.7. The Labute approximate surface area is 132 Å². The van der Waals surface area contributed by atoms with Gasteiger partial charge < -0.3 is 4.90 Å². The molecule has 1 saturated heterocycles. The van der Waals surface area contributed by atoms with Crippen LogP contribution in [0.5, 0.6) is 0 Å². The van der Waals surface area contributed by atoms with E-state index in [-0.39, 0.29) is 17.8 Å². The van der Waals surface area contributed by atoms with Gasteiger partial charge in [-0.1, -0.05) is 6.07 Å². The van der Waals surface area contributed by atoms with Crippen LogP contribution in [0.1, 0.15) is 23.8 Å². The fourth-order valence-corrected chi connectivity index (χ4v) is 4.26. The van der Waals surface area contributed by atoms with Crippen molar-refractivity contribution in [2.45, 2.75) is 23.8 Å². The van der Waals surface area contributed by atoms with Crippen LogP contribution in [0.2, 0.25) is 0 Å². The van der Waals surface area contributed by atoms with Crippen LogP contribution in [0.15, 0.2) is 46.7 Å². The van der Waals surface area contributed by atoms with Crippen LogP contribution in [0.25, 0.3) is 0 Å². The maximum absolute atomic E-state index is 12.9. The van der Waals surface area contributed by atoms with E-state index in [2.05, 4.69) is 11.4 Å². The number of carbonyl (C=O) groups excluding carboxylic acids is 1. The van der Waals surface area contributed by atoms with Gasteiger partial charge in [0.2, 0.25) is 5.91 Å². The molecule has 0 radical (unpaired) electrons. The number of halogens is 1. The Kier molecular flexibility index (Phi) is 4.60. The Balaban J connectivity index is 1.61. The van der Waals surface area contributed by atoms with E-state index >= 15 is 0 Å². The summed E-state index contributed by atoms with van der Waals surface area (Å²) in [5.41, 5.74) is 0. The van der Waals surface area contributed by atoms with E-state index in [1.54, 1.807) is 23.5 Å². The predicted molar refractivity (Wildman–Crippen MR) is 85.1 cm³/mol. The molecular weight excluding hydrogens is 305 g/mol. The molecule has 0 saturated carbocycles. The molecule has 1 unspecified atom stereocenters. The Hall–Kier alpha value is -1.33. The lowest BCUT2D eigenvalue weighted by molar-refractivity contribution is -0.129. The van der Waals surface area contributed by atoms with Crippen molar-refractivity contribution in [2.24, 2.45) is 0 Å². The Bertz CT molecular complexity index is 597. The molecule has 1 atom stereocenters. The monoisotopic (exact) mass is 321 g/mol. The highest BCUT2D eigenvalue weighted by atomic mass is 32.2. The van der Waals surface area contributed by atoms with Crippen LogP contribution in [-0.4, -0.2) is 23.1 Å². The second kappa shape index (κ2) is 6.62. The van der Waals surface area contributed by atoms with Crippen molar-refractivity contribution in [2.75, 3.05) is 12.3 Å². The Morgan fingerprint density at radius 1 is 1.33 bits per heavy atom. The van der Waals surface area contributed by atoms with E-state index in [9.17, 15) is 9.18 Å². The number of rotatable bonds is 4. The molecule has 1 aromatic heterocycles. The van der Waals surface area contributed by atoms with Crippen LogP contribution in [0, 0.1) is 5.82 Å². The molecular formula is C16H16FNOS2. The topological polar surface area (TPSA) is 20.3 Å². The summed E-state index contributed by atoms with van der Waals surface area (Å²) < 4.78 is 12.9. The minimum atomic E-state index is -0.247. The third-order valence-electron chi connectivity index (χ3n) is 3.62. The fraction of sp³-hybridized carbons (Fsp3) is 0.312. The van der Waals surface area contributed by atoms with Gasteiger partial charge in [-0.25, -0.2) is 4.39 Å². The summed E-state index contributed by atoms with van der Waals surface area (Å²) in [5.74, 6) is 0.330. The first-order valence-electron chi connectivity index (χ1n) is 6.95. The molecule has 0 aliphatic carbocycles. The summed E-state index contributed by atoms with van der Waals surface area (Å²) in [5, 5.41) is 2.06. The van der Waals surface area contributed by atoms with Crippen LogP contribution in [0.4, 0.5) is 4.39 Å². The second-order valence-corrected chi connectivity index (χ2v) is 7.03. The minimum absolute atomic E-state index is 0.167. The van der Waals surface area contributed by atoms with Gasteiger partial charge in [-0.05, 0) is 48.6 Å². The van der Waals surface area contributed by atoms with Gasteiger partial charge >= 0.3 is 0 Å². The van der Waals surface area contributed by atoms with Crippen molar-refractivity contribution < 1.29 is 9.18 Å². The molecule has 2 aromatic rings. The third-order valence-corrected chi connectivity index (χ3v) is 5.59. The van der Waals surface area contributed by atoms with Crippen molar-refractivity contribution in [3.05, 3.63) is 52.5 Å². The number of amides is 1. The molecule has 1 aliphatic rings. The summed E-state index contributed by atoms with van der Waals surface area (Å²) in [4.78, 5) is 16.6. The zero-order valence-electron chi connectivity index (χ0n) is 11.5. The summed E-state index contributed by atoms with van der Waals surface area (Å²) in [6.07, 6.45) is 2.11. The van der Waals surface area contributed by atoms with Gasteiger partial charge in [0.05, 0.1) is 11.8 Å². The van der Waals surface area contributed by atoms with E-state index in [0.717, 1.165) is 24.3 Å². The third kappa shape index (κ3) is 3.47. The lowest BCUT2D eigenvalue weighted by Crippen LogP contribution is -2.31. The average Bonchev–Trinajstić information content (AvgIpc) is 3.16. The smallest absolute Gasteiger partial charge is 0.233 e. The molecule has 2 heterocycles. The van der Waals surface area contributed by atoms with Gasteiger partial charge in [0, 0.05) is 16.3 Å². The average molecular weight is 321 g/mol. The van der Waals surface area contributed by atoms with Crippen molar-refractivity contribution in [3.8, 4) is 0 Å². The highest BCUT2D eigenvalue weighted by molar-refractivity contribution is 8.00. The molecule has 0 N–H and O–H groups in total. The van der Waals surface area contributed by atoms with Gasteiger partial charge in [0.15, 0.2) is 0 Å². The molecule has 1 fully saturated rings. The number of thiophene rings is 1. The largest absolute Gasteiger partial charge is 0.334 e. The fourth-order valence-electron chi connectivity index (χ4n) is 2.60. The highest BCUT2D eigenvalue weighted by Gasteiger charge is 2.30. The molecule has 21 heavy (non-hydrogen) atoms. The number of benzene rings is 1. The number of nitrogens with zero attached hydrogens (tertiary/aromatic N) is 1. The lowest BCUT2D eigenvalue weighted by atomic mass is 10.2. The van der Waals surface area contributed by atoms with Crippen LogP contribution in [0.3, 0.4) is 0 Å². The van der Waals surface area contributed by atoms with E-state index in [1.165, 1.54) is 28.8 Å². The Morgan fingerprint density at radius 2 is 2.14 bits per heavy atom. The number of thioether (sulfide) groups is 1. The van der Waals surface area contributed by atoms with Gasteiger partial charge in [-0.15, -0.1) is 23.1 Å². The van der Waals surface area contributed by atoms with E-state index < -0.39 is 0 Å². The summed E-state index contributed by atoms with van der Waals surface area (Å²) in [7, 11) is 0. The van der Waals surface area contributed by atoms with Gasteiger partial charge in [-0.2, -0.15) is 0 Å². The van der Waals surface area contributed by atoms with E-state index in [4.69, 9.17) is 0 Å². The lowest BCUT2D eigenvalue weighted by Gasteiger charge is -2.23. The maximum atomic E-state index is 12.9. The SMILES string of the molecule is O=C(CSc1ccc(F)cc1)N1CCCC1c1cccs1. The molecule has 3 rings (SSSR count). The molecule has 110 valence electrons. The van der Waals surface area contributed by atoms with Crippen molar-refractivity contribution in [1.82, 2.24) is 4.90 Å². The van der Waals surface area contributed by atoms with E-state index in [1.807, 2.05) is 11.0 Å². The Morgan fingerprint density at radius 3 is 2.86 bits per heavy atom. The van der Waals surface area contributed by atoms with Crippen LogP contribution >= 0.6 is 23.1 Å². The van der Waals surface area contributed by atoms with Crippen molar-refractivity contribution >= 4 is 29.0 Å². The summed E-state index contributed by atoms with van der Waals surface area (Å²) in [6.45, 7) is 0.839. The zero-order valence-corrected chi connectivity index (χ0v) is 13.1. The van der Waals surface area contributed by atoms with E-state index in [0.29, 0.717) is 5.75 Å². The number of hydrogen-bond donors (Lipinski definition) is 0. The first kappa shape index (κ1) is 14.6. The highest BCUT2D eigenvalue weighted by Crippen LogP contribution is 2.35. The first-order valence-corrected chi connectivity index (χ1v) is 8.82. The molecule has 1 aromatic carbocycles. The van der Waals surface area contributed by atoms with Crippen molar-refractivity contribution in [3.63, 3.8) is 0 Å². The molecule has 0 spiro atoms. The minimum Gasteiger partial charge on any atom is -0.334 e. The van der Waals surface area contributed by atoms with Gasteiger partial charge in [0.1, 0.15) is 5.82 Å². The summed E-state index contributed by atoms with van der Waals surface area (Å²) >= 11 is 3.18. The molecule has 0 bridgehead atoms. The zero-order chi connectivity index (χ0) is 14.7. The molecule has 1 amide bonds. The first-order chi connectivity index (χ1) is 10.2. The number of carbonyl (C=O) groups is 1. The van der Waals surface area contributed by atoms with Crippen LogP contribution < -0.4 is 0 Å². The quantitative estimate of drug-likeness (QED) is 0.781. The van der Waals surface area contributed by atoms with Crippen LogP contribution in [-0.2, 0) is 4.79 Å². The predicted octanol–water partition coefficient (Wildman–Crippen LogP) is 4.34. The van der Waals surface area contributed by atoms with Gasteiger partial charge in [0.25, 0.3) is 0 Å². The van der Waals surface area contributed by atoms with Gasteiger partial charge in [-0.3, -0.25) is 4.79 Å². The molecule has 2 nitrogen and oxygen atoms in total. The van der Waals surface area contributed by atoms with Crippen molar-refractivity contribution in [1.29, 1.82) is 0 Å². The second-order valence-electron chi connectivity index (χ2n) is 5.00. The number of likely N-dealkylation sites (tertiary alicyclic amines) is 1. The number of hydrogen-bond acceptors (Lipinski definition) is 3. The normalized spacial score (nSPS) is 18.1. The standard InChI is InChI=1S/C16H16FNOS2/c17-12-5-7-13(8-6-12)21-11-16(19)18-9-1-3-14(18)15-4-2-10-20-15/h2,4-8,10,14H,1,3,9,11H2. The maximum Gasteiger partial charge on any atom is 0.233 e.